The van der Waals surface area contributed by atoms with Crippen LogP contribution in [-0.2, 0) is 6.54 Å². The van der Waals surface area contributed by atoms with Crippen LogP contribution in [0.5, 0.6) is 0 Å². The highest BCUT2D eigenvalue weighted by molar-refractivity contribution is 5.91. The van der Waals surface area contributed by atoms with E-state index in [-0.39, 0.29) is 5.78 Å². The lowest BCUT2D eigenvalue weighted by molar-refractivity contribution is -0.0979. The highest BCUT2D eigenvalue weighted by Crippen LogP contribution is 2.65. The summed E-state index contributed by atoms with van der Waals surface area (Å²) in [5.41, 5.74) is 1.78. The Labute approximate surface area is 187 Å². The van der Waals surface area contributed by atoms with Gasteiger partial charge in [0.05, 0.1) is 12.1 Å². The summed E-state index contributed by atoms with van der Waals surface area (Å²) in [6.07, 6.45) is 13.1. The van der Waals surface area contributed by atoms with Gasteiger partial charge in [-0.25, -0.2) is 0 Å². The molecule has 170 valence electrons. The molecular formula is C27H40N2O2. The number of rotatable bonds is 4. The number of Topliss-reactive ketones (excluding diaryl/α,β-unsaturated/α-hetero) is 1. The summed E-state index contributed by atoms with van der Waals surface area (Å²) in [5.74, 6) is 4.75. The van der Waals surface area contributed by atoms with Gasteiger partial charge in [-0.2, -0.15) is 5.10 Å². The number of carbonyl (C=O) groups excluding carboxylic acids is 1. The maximum Gasteiger partial charge on any atom is 0.179 e. The minimum Gasteiger partial charge on any atom is -0.390 e. The molecule has 4 aliphatic rings. The van der Waals surface area contributed by atoms with Crippen molar-refractivity contribution in [2.75, 3.05) is 0 Å². The second-order valence-corrected chi connectivity index (χ2v) is 12.0. The lowest BCUT2D eigenvalue weighted by Crippen LogP contribution is -2.50. The SMILES string of the molecule is C=C(Cn1ccc(C(C)=O)n1)[C@H]1CC[C@H]2[C@@H]3CC[C@@H]4C[C@](C)(O)CC[C@@H]4[C@H]3CC[C@]12C. The molecule has 0 bridgehead atoms. The molecule has 0 unspecified atom stereocenters. The molecule has 0 saturated heterocycles. The maximum atomic E-state index is 11.6. The van der Waals surface area contributed by atoms with E-state index in [4.69, 9.17) is 0 Å². The van der Waals surface area contributed by atoms with Gasteiger partial charge in [0.2, 0.25) is 0 Å². The van der Waals surface area contributed by atoms with Crippen molar-refractivity contribution in [3.05, 3.63) is 30.1 Å². The summed E-state index contributed by atoms with van der Waals surface area (Å²) < 4.78 is 1.90. The van der Waals surface area contributed by atoms with Gasteiger partial charge >= 0.3 is 0 Å². The topological polar surface area (TPSA) is 55.1 Å². The van der Waals surface area contributed by atoms with Crippen LogP contribution in [0.4, 0.5) is 0 Å². The molecule has 1 aromatic heterocycles. The van der Waals surface area contributed by atoms with E-state index in [1.165, 1.54) is 50.5 Å². The van der Waals surface area contributed by atoms with Crippen molar-refractivity contribution in [3.8, 4) is 0 Å². The van der Waals surface area contributed by atoms with E-state index < -0.39 is 5.60 Å². The molecule has 1 heterocycles. The number of fused-ring (bicyclic) bond motifs is 5. The van der Waals surface area contributed by atoms with E-state index in [9.17, 15) is 9.90 Å². The summed E-state index contributed by atoms with van der Waals surface area (Å²) >= 11 is 0. The minimum absolute atomic E-state index is 0.0235. The Bertz CT molecular complexity index is 870. The normalized spacial score (nSPS) is 44.3. The summed E-state index contributed by atoms with van der Waals surface area (Å²) in [4.78, 5) is 11.6. The van der Waals surface area contributed by atoms with Crippen LogP contribution in [-0.4, -0.2) is 26.3 Å². The Morgan fingerprint density at radius 3 is 2.65 bits per heavy atom. The van der Waals surface area contributed by atoms with E-state index in [1.807, 2.05) is 16.9 Å². The maximum absolute atomic E-state index is 11.6. The number of aromatic nitrogens is 2. The molecule has 8 atom stereocenters. The van der Waals surface area contributed by atoms with Crippen LogP contribution >= 0.6 is 0 Å². The van der Waals surface area contributed by atoms with Gasteiger partial charge in [-0.15, -0.1) is 0 Å². The van der Waals surface area contributed by atoms with Crippen molar-refractivity contribution < 1.29 is 9.90 Å². The fourth-order valence-corrected chi connectivity index (χ4v) is 8.71. The monoisotopic (exact) mass is 424 g/mol. The summed E-state index contributed by atoms with van der Waals surface area (Å²) in [5, 5.41) is 15.1. The van der Waals surface area contributed by atoms with Gasteiger partial charge in [0.25, 0.3) is 0 Å². The first kappa shape index (κ1) is 21.4. The first-order valence-electron chi connectivity index (χ1n) is 12.6. The van der Waals surface area contributed by atoms with Crippen LogP contribution in [0.25, 0.3) is 0 Å². The van der Waals surface area contributed by atoms with E-state index in [1.54, 1.807) is 6.92 Å². The van der Waals surface area contributed by atoms with Crippen molar-refractivity contribution >= 4 is 5.78 Å². The predicted molar refractivity (Wildman–Crippen MR) is 123 cm³/mol. The molecule has 4 saturated carbocycles. The lowest BCUT2D eigenvalue weighted by Gasteiger charge is -2.57. The molecule has 4 aliphatic carbocycles. The molecule has 0 aliphatic heterocycles. The molecule has 4 nitrogen and oxygen atoms in total. The van der Waals surface area contributed by atoms with Crippen LogP contribution in [0, 0.1) is 40.9 Å². The minimum atomic E-state index is -0.428. The Balaban J connectivity index is 1.29. The Hall–Kier alpha value is -1.42. The third kappa shape index (κ3) is 3.63. The van der Waals surface area contributed by atoms with Crippen molar-refractivity contribution in [1.82, 2.24) is 9.78 Å². The smallest absolute Gasteiger partial charge is 0.179 e. The Morgan fingerprint density at radius 1 is 1.13 bits per heavy atom. The van der Waals surface area contributed by atoms with Gasteiger partial charge < -0.3 is 5.11 Å². The number of ketones is 1. The molecule has 0 aromatic carbocycles. The van der Waals surface area contributed by atoms with Gasteiger partial charge in [0.1, 0.15) is 5.69 Å². The first-order chi connectivity index (χ1) is 14.7. The zero-order valence-corrected chi connectivity index (χ0v) is 19.6. The van der Waals surface area contributed by atoms with E-state index >= 15 is 0 Å². The highest BCUT2D eigenvalue weighted by Gasteiger charge is 2.57. The van der Waals surface area contributed by atoms with Crippen LogP contribution in [0.15, 0.2) is 24.4 Å². The average molecular weight is 425 g/mol. The number of hydrogen-bond donors (Lipinski definition) is 1. The molecular weight excluding hydrogens is 384 g/mol. The van der Waals surface area contributed by atoms with Gasteiger partial charge in [-0.1, -0.05) is 19.1 Å². The largest absolute Gasteiger partial charge is 0.390 e. The number of aliphatic hydroxyl groups is 1. The van der Waals surface area contributed by atoms with Gasteiger partial charge in [0, 0.05) is 13.1 Å². The van der Waals surface area contributed by atoms with Crippen molar-refractivity contribution in [2.24, 2.45) is 40.9 Å². The van der Waals surface area contributed by atoms with Crippen LogP contribution in [0.2, 0.25) is 0 Å². The average Bonchev–Trinajstić information content (AvgIpc) is 3.31. The quantitative estimate of drug-likeness (QED) is 0.501. The zero-order chi connectivity index (χ0) is 22.0. The molecule has 5 rings (SSSR count). The molecule has 4 heteroatoms. The Kier molecular flexibility index (Phi) is 5.23. The van der Waals surface area contributed by atoms with Crippen LogP contribution in [0.3, 0.4) is 0 Å². The predicted octanol–water partition coefficient (Wildman–Crippen LogP) is 5.66. The third-order valence-corrected chi connectivity index (χ3v) is 10.1. The molecule has 1 aromatic rings. The van der Waals surface area contributed by atoms with Crippen molar-refractivity contribution in [3.63, 3.8) is 0 Å². The summed E-state index contributed by atoms with van der Waals surface area (Å²) in [6.45, 7) is 11.4. The second kappa shape index (κ2) is 7.57. The number of hydrogen-bond acceptors (Lipinski definition) is 3. The van der Waals surface area contributed by atoms with E-state index in [0.29, 0.717) is 17.0 Å². The standard InChI is InChI=1S/C27H40N2O2/c1-17(16-29-14-11-25(28-29)18(2)30)23-7-8-24-22-6-5-19-15-26(3,31)12-9-20(19)21(22)10-13-27(23,24)4/h11,14,19-24,31H,1,5-10,12-13,15-16H2,2-4H3/t19-,20+,21-,22-,23-,24+,26-,27-/m1/s1. The fourth-order valence-electron chi connectivity index (χ4n) is 8.71. The molecule has 0 radical (unpaired) electrons. The fraction of sp³-hybridized carbons (Fsp3) is 0.778. The Morgan fingerprint density at radius 2 is 1.90 bits per heavy atom. The van der Waals surface area contributed by atoms with Gasteiger partial charge in [0.15, 0.2) is 5.78 Å². The number of allylic oxidation sites excluding steroid dienone is 1. The van der Waals surface area contributed by atoms with Crippen LogP contribution < -0.4 is 0 Å². The van der Waals surface area contributed by atoms with Crippen molar-refractivity contribution in [1.29, 1.82) is 0 Å². The molecule has 1 N–H and O–H groups in total. The molecule has 0 amide bonds. The zero-order valence-electron chi connectivity index (χ0n) is 19.6. The van der Waals surface area contributed by atoms with E-state index in [0.717, 1.165) is 49.0 Å². The second-order valence-electron chi connectivity index (χ2n) is 12.0. The highest BCUT2D eigenvalue weighted by atomic mass is 16.3. The third-order valence-electron chi connectivity index (χ3n) is 10.1. The number of nitrogens with zero attached hydrogens (tertiary/aromatic N) is 2. The van der Waals surface area contributed by atoms with Gasteiger partial charge in [-0.3, -0.25) is 9.48 Å². The van der Waals surface area contributed by atoms with Gasteiger partial charge in [-0.05, 0) is 112 Å². The lowest BCUT2D eigenvalue weighted by atomic mass is 9.49. The number of carbonyl (C=O) groups is 1. The van der Waals surface area contributed by atoms with Crippen molar-refractivity contribution in [2.45, 2.75) is 90.7 Å². The first-order valence-corrected chi connectivity index (χ1v) is 12.6. The molecule has 0 spiro atoms. The summed E-state index contributed by atoms with van der Waals surface area (Å²) in [7, 11) is 0. The molecule has 4 fully saturated rings. The molecule has 31 heavy (non-hydrogen) atoms. The summed E-state index contributed by atoms with van der Waals surface area (Å²) in [6, 6.07) is 1.82. The van der Waals surface area contributed by atoms with Crippen LogP contribution in [0.1, 0.15) is 89.0 Å². The van der Waals surface area contributed by atoms with E-state index in [2.05, 4.69) is 25.5 Å².